The smallest absolute Gasteiger partial charge is 0.243 e. The quantitative estimate of drug-likeness (QED) is 0.812. The standard InChI is InChI=1S/C13H17FN2O/c1-13(2,3)11-8-12(17)16(15-11)10-7-5-4-6-9(10)14/h4-7,11,15H,8H2,1-3H3. The summed E-state index contributed by atoms with van der Waals surface area (Å²) in [6.45, 7) is 6.17. The minimum atomic E-state index is -0.386. The molecule has 0 spiro atoms. The van der Waals surface area contributed by atoms with E-state index in [0.29, 0.717) is 12.1 Å². The van der Waals surface area contributed by atoms with Crippen LogP contribution >= 0.6 is 0 Å². The molecule has 1 aromatic rings. The molecule has 1 aromatic carbocycles. The molecule has 1 amide bonds. The Balaban J connectivity index is 2.25. The molecule has 0 aromatic heterocycles. The van der Waals surface area contributed by atoms with Crippen LogP contribution in [0.25, 0.3) is 0 Å². The zero-order valence-corrected chi connectivity index (χ0v) is 10.3. The Morgan fingerprint density at radius 3 is 2.53 bits per heavy atom. The molecule has 1 atom stereocenters. The Kier molecular flexibility index (Phi) is 2.91. The number of nitrogens with zero attached hydrogens (tertiary/aromatic N) is 1. The third kappa shape index (κ3) is 2.31. The Bertz CT molecular complexity index is 439. The highest BCUT2D eigenvalue weighted by Gasteiger charge is 2.37. The summed E-state index contributed by atoms with van der Waals surface area (Å²) in [7, 11) is 0. The van der Waals surface area contributed by atoms with Crippen LogP contribution in [-0.4, -0.2) is 11.9 Å². The predicted octanol–water partition coefficient (Wildman–Crippen LogP) is 2.48. The first kappa shape index (κ1) is 12.0. The molecule has 0 radical (unpaired) electrons. The molecule has 1 saturated heterocycles. The van der Waals surface area contributed by atoms with E-state index in [1.807, 2.05) is 0 Å². The van der Waals surface area contributed by atoms with Crippen LogP contribution in [0.15, 0.2) is 24.3 Å². The third-order valence-corrected chi connectivity index (χ3v) is 3.05. The Labute approximate surface area is 101 Å². The first-order chi connectivity index (χ1) is 7.89. The summed E-state index contributed by atoms with van der Waals surface area (Å²) in [5, 5.41) is 1.32. The number of benzene rings is 1. The monoisotopic (exact) mass is 236 g/mol. The minimum Gasteiger partial charge on any atom is -0.273 e. The van der Waals surface area contributed by atoms with Gasteiger partial charge in [-0.1, -0.05) is 32.9 Å². The lowest BCUT2D eigenvalue weighted by molar-refractivity contribution is -0.117. The van der Waals surface area contributed by atoms with Crippen LogP contribution in [0.3, 0.4) is 0 Å². The molecule has 17 heavy (non-hydrogen) atoms. The molecule has 1 N–H and O–H groups in total. The van der Waals surface area contributed by atoms with Crippen LogP contribution in [0.2, 0.25) is 0 Å². The number of hydrogen-bond acceptors (Lipinski definition) is 2. The average molecular weight is 236 g/mol. The van der Waals surface area contributed by atoms with Gasteiger partial charge >= 0.3 is 0 Å². The fourth-order valence-corrected chi connectivity index (χ4v) is 1.88. The number of hydrogen-bond donors (Lipinski definition) is 1. The first-order valence-corrected chi connectivity index (χ1v) is 5.73. The number of carbonyl (C=O) groups excluding carboxylic acids is 1. The van der Waals surface area contributed by atoms with Gasteiger partial charge in [0.2, 0.25) is 5.91 Å². The number of hydrazine groups is 1. The van der Waals surface area contributed by atoms with Gasteiger partial charge in [0.1, 0.15) is 5.82 Å². The van der Waals surface area contributed by atoms with Gasteiger partial charge in [0.05, 0.1) is 5.69 Å². The lowest BCUT2D eigenvalue weighted by atomic mass is 9.86. The second kappa shape index (κ2) is 4.11. The van der Waals surface area contributed by atoms with E-state index in [2.05, 4.69) is 26.2 Å². The molecule has 0 bridgehead atoms. The maximum absolute atomic E-state index is 13.6. The molecule has 1 aliphatic heterocycles. The van der Waals surface area contributed by atoms with E-state index in [1.165, 1.54) is 11.1 Å². The highest BCUT2D eigenvalue weighted by molar-refractivity contribution is 5.95. The van der Waals surface area contributed by atoms with E-state index in [0.717, 1.165) is 0 Å². The molecule has 0 aliphatic carbocycles. The summed E-state index contributed by atoms with van der Waals surface area (Å²) >= 11 is 0. The first-order valence-electron chi connectivity index (χ1n) is 5.73. The fourth-order valence-electron chi connectivity index (χ4n) is 1.88. The minimum absolute atomic E-state index is 0.0321. The van der Waals surface area contributed by atoms with Gasteiger partial charge in [-0.3, -0.25) is 4.79 Å². The highest BCUT2D eigenvalue weighted by atomic mass is 19.1. The Hall–Kier alpha value is -1.42. The van der Waals surface area contributed by atoms with Gasteiger partial charge in [0.25, 0.3) is 0 Å². The number of rotatable bonds is 1. The maximum atomic E-state index is 13.6. The van der Waals surface area contributed by atoms with E-state index in [-0.39, 0.29) is 23.2 Å². The number of amides is 1. The summed E-state index contributed by atoms with van der Waals surface area (Å²) in [5.41, 5.74) is 3.35. The molecule has 1 fully saturated rings. The molecule has 4 heteroatoms. The predicted molar refractivity (Wildman–Crippen MR) is 64.9 cm³/mol. The number of halogens is 1. The summed E-state index contributed by atoms with van der Waals surface area (Å²) < 4.78 is 13.6. The van der Waals surface area contributed by atoms with Crippen molar-refractivity contribution in [2.45, 2.75) is 33.2 Å². The molecular weight excluding hydrogens is 219 g/mol. The van der Waals surface area contributed by atoms with E-state index in [1.54, 1.807) is 18.2 Å². The summed E-state index contributed by atoms with van der Waals surface area (Å²) in [5.74, 6) is -0.474. The zero-order valence-electron chi connectivity index (χ0n) is 10.3. The number of anilines is 1. The van der Waals surface area contributed by atoms with Crippen LogP contribution in [0.4, 0.5) is 10.1 Å². The van der Waals surface area contributed by atoms with Crippen LogP contribution in [0.5, 0.6) is 0 Å². The highest BCUT2D eigenvalue weighted by Crippen LogP contribution is 2.29. The zero-order chi connectivity index (χ0) is 12.6. The average Bonchev–Trinajstić information content (AvgIpc) is 2.61. The van der Waals surface area contributed by atoms with Crippen LogP contribution in [0, 0.1) is 11.2 Å². The van der Waals surface area contributed by atoms with Crippen LogP contribution < -0.4 is 10.4 Å². The van der Waals surface area contributed by atoms with Crippen molar-refractivity contribution < 1.29 is 9.18 Å². The fraction of sp³-hybridized carbons (Fsp3) is 0.462. The molecule has 1 unspecified atom stereocenters. The number of carbonyl (C=O) groups is 1. The van der Waals surface area contributed by atoms with E-state index >= 15 is 0 Å². The molecule has 0 saturated carbocycles. The van der Waals surface area contributed by atoms with Gasteiger partial charge < -0.3 is 0 Å². The molecule has 92 valence electrons. The summed E-state index contributed by atoms with van der Waals surface area (Å²) in [6.07, 6.45) is 0.401. The van der Waals surface area contributed by atoms with E-state index in [4.69, 9.17) is 0 Å². The van der Waals surface area contributed by atoms with E-state index in [9.17, 15) is 9.18 Å². The van der Waals surface area contributed by atoms with Crippen molar-refractivity contribution in [2.24, 2.45) is 5.41 Å². The van der Waals surface area contributed by atoms with Crippen molar-refractivity contribution in [3.63, 3.8) is 0 Å². The van der Waals surface area contributed by atoms with Gasteiger partial charge in [-0.15, -0.1) is 0 Å². The van der Waals surface area contributed by atoms with Gasteiger partial charge in [0.15, 0.2) is 0 Å². The molecule has 1 heterocycles. The Morgan fingerprint density at radius 2 is 2.00 bits per heavy atom. The molecule has 3 nitrogen and oxygen atoms in total. The largest absolute Gasteiger partial charge is 0.273 e. The van der Waals surface area contributed by atoms with Gasteiger partial charge in [-0.05, 0) is 17.5 Å². The molecule has 1 aliphatic rings. The SMILES string of the molecule is CC(C)(C)C1CC(=O)N(c2ccccc2F)N1. The van der Waals surface area contributed by atoms with Gasteiger partial charge in [-0.2, -0.15) is 0 Å². The van der Waals surface area contributed by atoms with Gasteiger partial charge in [0, 0.05) is 12.5 Å². The lowest BCUT2D eigenvalue weighted by Crippen LogP contribution is -2.43. The number of para-hydroxylation sites is 1. The maximum Gasteiger partial charge on any atom is 0.243 e. The van der Waals surface area contributed by atoms with Gasteiger partial charge in [-0.25, -0.2) is 14.8 Å². The van der Waals surface area contributed by atoms with Crippen LogP contribution in [-0.2, 0) is 4.79 Å². The topological polar surface area (TPSA) is 32.3 Å². The van der Waals surface area contributed by atoms with Crippen molar-refractivity contribution in [1.29, 1.82) is 0 Å². The normalized spacial score (nSPS) is 21.1. The molecule has 2 rings (SSSR count). The van der Waals surface area contributed by atoms with Crippen molar-refractivity contribution in [3.05, 3.63) is 30.1 Å². The lowest BCUT2D eigenvalue weighted by Gasteiger charge is -2.27. The number of nitrogens with one attached hydrogen (secondary N) is 1. The second-order valence-corrected chi connectivity index (χ2v) is 5.43. The second-order valence-electron chi connectivity index (χ2n) is 5.43. The van der Waals surface area contributed by atoms with Crippen LogP contribution in [0.1, 0.15) is 27.2 Å². The van der Waals surface area contributed by atoms with Crippen molar-refractivity contribution in [1.82, 2.24) is 5.43 Å². The van der Waals surface area contributed by atoms with E-state index < -0.39 is 0 Å². The van der Waals surface area contributed by atoms with Crippen molar-refractivity contribution >= 4 is 11.6 Å². The van der Waals surface area contributed by atoms with Crippen molar-refractivity contribution in [3.8, 4) is 0 Å². The summed E-state index contributed by atoms with van der Waals surface area (Å²) in [6, 6.07) is 6.33. The third-order valence-electron chi connectivity index (χ3n) is 3.05. The summed E-state index contributed by atoms with van der Waals surface area (Å²) in [4.78, 5) is 11.9. The molecular formula is C13H17FN2O. The van der Waals surface area contributed by atoms with Crippen molar-refractivity contribution in [2.75, 3.05) is 5.01 Å². The Morgan fingerprint density at radius 1 is 1.35 bits per heavy atom.